The largest absolute Gasteiger partial charge is 0.214 e. The van der Waals surface area contributed by atoms with E-state index < -0.39 is 18.9 Å². The van der Waals surface area contributed by atoms with Gasteiger partial charge in [-0.2, -0.15) is 18.2 Å². The van der Waals surface area contributed by atoms with E-state index >= 15 is 0 Å². The van der Waals surface area contributed by atoms with Crippen molar-refractivity contribution in [3.05, 3.63) is 153 Å². The van der Waals surface area contributed by atoms with Crippen molar-refractivity contribution in [2.45, 2.75) is 89.7 Å². The van der Waals surface area contributed by atoms with Crippen molar-refractivity contribution in [3.8, 4) is 0 Å². The fourth-order valence-electron chi connectivity index (χ4n) is 6.78. The molecule has 0 aliphatic carbocycles. The molecular formula is C45H48Cl6Zr-2. The quantitative estimate of drug-likeness (QED) is 0.115. The SMILES string of the molecule is Cc1cc2[cH-]c3cc(C)c(C(C)(C)C)cc3c2cc1C(C)(C)C.ClCc1cc(CCl)cc([C](c2cc(CCl)cc(CCl)c2)=[Zr]([Cl])[Cl])c1.c1cc[cH-]c1. The van der Waals surface area contributed by atoms with E-state index in [0.29, 0.717) is 23.5 Å². The van der Waals surface area contributed by atoms with Gasteiger partial charge in [0.25, 0.3) is 0 Å². The Morgan fingerprint density at radius 2 is 0.885 bits per heavy atom. The van der Waals surface area contributed by atoms with Gasteiger partial charge in [-0.05, 0) is 24.7 Å². The molecule has 0 aliphatic heterocycles. The minimum atomic E-state index is -2.78. The van der Waals surface area contributed by atoms with Crippen LogP contribution in [0.25, 0.3) is 21.5 Å². The maximum absolute atomic E-state index is 6.49. The molecule has 0 bridgehead atoms. The number of aryl methyl sites for hydroxylation is 2. The molecule has 0 fully saturated rings. The van der Waals surface area contributed by atoms with Crippen LogP contribution in [0, 0.1) is 13.8 Å². The van der Waals surface area contributed by atoms with Gasteiger partial charge < -0.3 is 0 Å². The number of fused-ring (bicyclic) bond motifs is 3. The molecule has 0 nitrogen and oxygen atoms in total. The number of hydrogen-bond acceptors (Lipinski definition) is 0. The molecule has 0 N–H and O–H groups in total. The first kappa shape index (κ1) is 43.3. The first-order valence-electron chi connectivity index (χ1n) is 17.4. The summed E-state index contributed by atoms with van der Waals surface area (Å²) >= 11 is 21.3. The topological polar surface area (TPSA) is 0 Å². The second kappa shape index (κ2) is 19.0. The fraction of sp³-hybridized carbons (Fsp3) is 0.311. The predicted octanol–water partition coefficient (Wildman–Crippen LogP) is 15.5. The van der Waals surface area contributed by atoms with Crippen molar-refractivity contribution >= 4 is 88.2 Å². The number of halogens is 6. The predicted molar refractivity (Wildman–Crippen MR) is 232 cm³/mol. The molecule has 0 heterocycles. The summed E-state index contributed by atoms with van der Waals surface area (Å²) < 4.78 is 0.984. The molecule has 6 aromatic carbocycles. The molecule has 0 amide bonds. The van der Waals surface area contributed by atoms with Crippen LogP contribution >= 0.6 is 63.4 Å². The van der Waals surface area contributed by atoms with Gasteiger partial charge in [0.2, 0.25) is 0 Å². The van der Waals surface area contributed by atoms with E-state index in [1.54, 1.807) is 0 Å². The Kier molecular flexibility index (Phi) is 15.8. The summed E-state index contributed by atoms with van der Waals surface area (Å²) in [6.07, 6.45) is 0. The Labute approximate surface area is 346 Å². The number of rotatable bonds is 6. The van der Waals surface area contributed by atoms with Crippen molar-refractivity contribution in [1.29, 1.82) is 0 Å². The van der Waals surface area contributed by atoms with Crippen LogP contribution in [0.5, 0.6) is 0 Å². The van der Waals surface area contributed by atoms with Gasteiger partial charge in [-0.1, -0.05) is 75.9 Å². The molecule has 0 radical (unpaired) electrons. The summed E-state index contributed by atoms with van der Waals surface area (Å²) in [7, 11) is 13.0. The van der Waals surface area contributed by atoms with Crippen LogP contribution in [-0.4, -0.2) is 3.21 Å². The van der Waals surface area contributed by atoms with Crippen LogP contribution in [0.2, 0.25) is 0 Å². The third kappa shape index (κ3) is 11.1. The maximum atomic E-state index is 6.49. The zero-order valence-corrected chi connectivity index (χ0v) is 38.3. The molecule has 0 unspecified atom stereocenters. The molecule has 276 valence electrons. The van der Waals surface area contributed by atoms with Crippen LogP contribution < -0.4 is 0 Å². The normalized spacial score (nSPS) is 11.6. The van der Waals surface area contributed by atoms with Crippen molar-refractivity contribution in [2.24, 2.45) is 0 Å². The van der Waals surface area contributed by atoms with E-state index in [0.717, 1.165) is 36.6 Å². The van der Waals surface area contributed by atoms with E-state index in [4.69, 9.17) is 63.4 Å². The van der Waals surface area contributed by atoms with Gasteiger partial charge in [0.05, 0.1) is 0 Å². The molecule has 6 rings (SSSR count). The first-order chi connectivity index (χ1) is 24.5. The van der Waals surface area contributed by atoms with Gasteiger partial charge in [0, 0.05) is 0 Å². The number of alkyl halides is 4. The maximum Gasteiger partial charge on any atom is -0.172 e. The van der Waals surface area contributed by atoms with Crippen LogP contribution in [0.15, 0.2) is 97.1 Å². The van der Waals surface area contributed by atoms with Crippen LogP contribution in [0.3, 0.4) is 0 Å². The van der Waals surface area contributed by atoms with Gasteiger partial charge in [-0.15, -0.1) is 39.7 Å². The summed E-state index contributed by atoms with van der Waals surface area (Å²) in [5.74, 6) is 1.62. The fourth-order valence-corrected chi connectivity index (χ4v) is 11.8. The summed E-state index contributed by atoms with van der Waals surface area (Å²) in [4.78, 5) is 0. The summed E-state index contributed by atoms with van der Waals surface area (Å²) in [6.45, 7) is 18.3. The summed E-state index contributed by atoms with van der Waals surface area (Å²) in [5, 5.41) is 5.55. The van der Waals surface area contributed by atoms with E-state index in [-0.39, 0.29) is 10.8 Å². The minimum absolute atomic E-state index is 0.180. The second-order valence-corrected chi connectivity index (χ2v) is 24.6. The Hall–Kier alpha value is -1.41. The van der Waals surface area contributed by atoms with E-state index in [1.807, 2.05) is 66.7 Å². The van der Waals surface area contributed by atoms with Gasteiger partial charge in [0.1, 0.15) is 0 Å². The van der Waals surface area contributed by atoms with Gasteiger partial charge in [-0.25, -0.2) is 12.1 Å². The molecule has 52 heavy (non-hydrogen) atoms. The third-order valence-corrected chi connectivity index (χ3v) is 14.9. The monoisotopic (exact) mass is 888 g/mol. The van der Waals surface area contributed by atoms with Crippen molar-refractivity contribution in [1.82, 2.24) is 0 Å². The molecule has 6 aromatic rings. The zero-order valence-electron chi connectivity index (χ0n) is 31.3. The Morgan fingerprint density at radius 3 is 1.13 bits per heavy atom. The molecule has 0 saturated carbocycles. The molecular weight excluding hydrogens is 844 g/mol. The summed E-state index contributed by atoms with van der Waals surface area (Å²) in [6, 6.07) is 34.0. The van der Waals surface area contributed by atoms with E-state index in [2.05, 4.69) is 85.7 Å². The standard InChI is InChI=1S/C23H29.C17H14Cl4.C5H5.2ClH.Zr/c1-14-9-16-11-17-10-15(2)21(23(6,7)8)13-19(17)18(16)12-20(14)22(3,4)5;18-8-14-2-12(3-15(6-14)9-19)1-13-4-16(10-20)7-17(5-13)11-21;1-2-4-5-3-1;;;/h9-13H,1-8H3;2-7H,8-11H2;1-5H;2*1H;/q-1;;-1;;;+2/p-2. The third-order valence-electron chi connectivity index (χ3n) is 9.05. The Morgan fingerprint density at radius 1 is 0.538 bits per heavy atom. The summed E-state index contributed by atoms with van der Waals surface area (Å²) in [5.41, 5.74) is 12.0. The van der Waals surface area contributed by atoms with Gasteiger partial charge in [-0.3, -0.25) is 0 Å². The molecule has 0 spiro atoms. The van der Waals surface area contributed by atoms with Crippen LogP contribution in [-0.2, 0) is 53.2 Å². The smallest absolute Gasteiger partial charge is 0.172 e. The Balaban J connectivity index is 0.000000205. The zero-order chi connectivity index (χ0) is 38.4. The average Bonchev–Trinajstić information content (AvgIpc) is 3.78. The van der Waals surface area contributed by atoms with E-state index in [1.165, 1.54) is 43.8 Å². The van der Waals surface area contributed by atoms with E-state index in [9.17, 15) is 0 Å². The van der Waals surface area contributed by atoms with Crippen molar-refractivity contribution in [3.63, 3.8) is 0 Å². The first-order valence-corrected chi connectivity index (χ1v) is 27.1. The average molecular weight is 893 g/mol. The molecule has 0 saturated heterocycles. The molecule has 0 aliphatic rings. The van der Waals surface area contributed by atoms with Crippen LogP contribution in [0.1, 0.15) is 97.2 Å². The van der Waals surface area contributed by atoms with Crippen LogP contribution in [0.4, 0.5) is 0 Å². The van der Waals surface area contributed by atoms with Gasteiger partial charge in [0.15, 0.2) is 0 Å². The number of benzene rings is 4. The van der Waals surface area contributed by atoms with Gasteiger partial charge >= 0.3 is 179 Å². The Bertz CT molecular complexity index is 1940. The van der Waals surface area contributed by atoms with Crippen molar-refractivity contribution in [2.75, 3.05) is 0 Å². The molecule has 0 aromatic heterocycles. The second-order valence-electron chi connectivity index (χ2n) is 15.4. The minimum Gasteiger partial charge on any atom is -0.214 e. The number of hydrogen-bond donors (Lipinski definition) is 0. The molecule has 0 atom stereocenters. The molecule has 7 heteroatoms. The van der Waals surface area contributed by atoms with Crippen molar-refractivity contribution < 1.29 is 18.9 Å².